The van der Waals surface area contributed by atoms with Gasteiger partial charge in [-0.05, 0) is 19.9 Å². The Hall–Kier alpha value is -1.43. The van der Waals surface area contributed by atoms with Crippen molar-refractivity contribution in [3.8, 4) is 0 Å². The first-order chi connectivity index (χ1) is 7.11. The summed E-state index contributed by atoms with van der Waals surface area (Å²) in [5.74, 6) is -0.00471. The number of carbonyl (C=O) groups is 3. The minimum absolute atomic E-state index is 0.00471. The molecule has 3 amide bonds. The van der Waals surface area contributed by atoms with Crippen LogP contribution >= 0.6 is 0 Å². The third-order valence-corrected chi connectivity index (χ3v) is 1.74. The number of nitrogens with one attached hydrogen (secondary N) is 1. The molecule has 15 heavy (non-hydrogen) atoms. The number of carbonyl (C=O) groups excluding carboxylic acids is 3. The molecule has 0 aliphatic rings. The van der Waals surface area contributed by atoms with Gasteiger partial charge in [-0.2, -0.15) is 0 Å². The van der Waals surface area contributed by atoms with E-state index in [1.54, 1.807) is 0 Å². The number of urea groups is 1. The number of ketones is 1. The molecule has 0 aromatic carbocycles. The lowest BCUT2D eigenvalue weighted by atomic mass is 10.3. The van der Waals surface area contributed by atoms with Gasteiger partial charge < -0.3 is 11.1 Å². The Morgan fingerprint density at radius 2 is 2.13 bits per heavy atom. The van der Waals surface area contributed by atoms with Crippen LogP contribution < -0.4 is 11.1 Å². The first-order valence-electron chi connectivity index (χ1n) is 4.81. The van der Waals surface area contributed by atoms with Crippen LogP contribution in [-0.4, -0.2) is 42.8 Å². The first kappa shape index (κ1) is 13.6. The van der Waals surface area contributed by atoms with Crippen molar-refractivity contribution >= 4 is 18.2 Å². The zero-order valence-corrected chi connectivity index (χ0v) is 8.86. The molecule has 0 bridgehead atoms. The summed E-state index contributed by atoms with van der Waals surface area (Å²) in [6.45, 7) is 2.41. The van der Waals surface area contributed by atoms with Crippen molar-refractivity contribution in [2.75, 3.05) is 19.6 Å². The number of imide groups is 1. The van der Waals surface area contributed by atoms with E-state index in [1.165, 1.54) is 6.92 Å². The van der Waals surface area contributed by atoms with Gasteiger partial charge in [0.1, 0.15) is 5.78 Å². The number of hydrogen-bond donors (Lipinski definition) is 2. The van der Waals surface area contributed by atoms with Gasteiger partial charge in [-0.25, -0.2) is 4.79 Å². The number of rotatable bonds is 7. The van der Waals surface area contributed by atoms with Crippen LogP contribution in [0.1, 0.15) is 19.8 Å². The van der Waals surface area contributed by atoms with Crippen molar-refractivity contribution in [3.63, 3.8) is 0 Å². The van der Waals surface area contributed by atoms with Gasteiger partial charge in [0, 0.05) is 19.5 Å². The van der Waals surface area contributed by atoms with Crippen LogP contribution in [0.5, 0.6) is 0 Å². The SMILES string of the molecule is CC(=O)CCNC(=O)N(C=O)CCCN. The molecule has 0 aromatic rings. The fourth-order valence-corrected chi connectivity index (χ4v) is 0.911. The summed E-state index contributed by atoms with van der Waals surface area (Å²) in [6, 6.07) is -0.486. The normalized spacial score (nSPS) is 9.47. The number of hydrogen-bond acceptors (Lipinski definition) is 4. The van der Waals surface area contributed by atoms with E-state index >= 15 is 0 Å². The predicted octanol–water partition coefficient (Wildman–Crippen LogP) is -0.518. The number of nitrogens with zero attached hydrogens (tertiary/aromatic N) is 1. The third-order valence-electron chi connectivity index (χ3n) is 1.74. The van der Waals surface area contributed by atoms with Crippen LogP contribution in [0.3, 0.4) is 0 Å². The second kappa shape index (κ2) is 7.93. The Morgan fingerprint density at radius 1 is 1.47 bits per heavy atom. The molecule has 0 fully saturated rings. The highest BCUT2D eigenvalue weighted by molar-refractivity contribution is 5.85. The molecule has 3 N–H and O–H groups in total. The molecule has 0 atom stereocenters. The largest absolute Gasteiger partial charge is 0.337 e. The fourth-order valence-electron chi connectivity index (χ4n) is 0.911. The summed E-state index contributed by atoms with van der Waals surface area (Å²) >= 11 is 0. The van der Waals surface area contributed by atoms with Crippen molar-refractivity contribution in [3.05, 3.63) is 0 Å². The Balaban J connectivity index is 3.82. The van der Waals surface area contributed by atoms with E-state index in [9.17, 15) is 14.4 Å². The Kier molecular flexibility index (Phi) is 7.17. The lowest BCUT2D eigenvalue weighted by Gasteiger charge is -2.15. The van der Waals surface area contributed by atoms with Gasteiger partial charge in [-0.1, -0.05) is 0 Å². The summed E-state index contributed by atoms with van der Waals surface area (Å²) in [6.07, 6.45) is 1.30. The zero-order valence-electron chi connectivity index (χ0n) is 8.86. The van der Waals surface area contributed by atoms with Crippen LogP contribution in [-0.2, 0) is 9.59 Å². The van der Waals surface area contributed by atoms with E-state index in [0.717, 1.165) is 4.90 Å². The lowest BCUT2D eigenvalue weighted by molar-refractivity contribution is -0.117. The number of nitrogens with two attached hydrogens (primary N) is 1. The molecule has 0 heterocycles. The average molecular weight is 215 g/mol. The van der Waals surface area contributed by atoms with Crippen molar-refractivity contribution < 1.29 is 14.4 Å². The van der Waals surface area contributed by atoms with Gasteiger partial charge >= 0.3 is 6.03 Å². The van der Waals surface area contributed by atoms with E-state index in [-0.39, 0.29) is 18.7 Å². The second-order valence-electron chi connectivity index (χ2n) is 3.12. The van der Waals surface area contributed by atoms with Crippen LogP contribution in [0, 0.1) is 0 Å². The van der Waals surface area contributed by atoms with Crippen LogP contribution in [0.15, 0.2) is 0 Å². The van der Waals surface area contributed by atoms with Gasteiger partial charge in [-0.15, -0.1) is 0 Å². The van der Waals surface area contributed by atoms with Gasteiger partial charge in [0.25, 0.3) is 0 Å². The highest BCUT2D eigenvalue weighted by atomic mass is 16.2. The molecule has 0 radical (unpaired) electrons. The van der Waals surface area contributed by atoms with E-state index < -0.39 is 6.03 Å². The number of amides is 3. The molecule has 0 aromatic heterocycles. The molecule has 0 spiro atoms. The first-order valence-corrected chi connectivity index (χ1v) is 4.81. The minimum Gasteiger partial charge on any atom is -0.337 e. The van der Waals surface area contributed by atoms with Crippen molar-refractivity contribution in [2.24, 2.45) is 5.73 Å². The molecular weight excluding hydrogens is 198 g/mol. The quantitative estimate of drug-likeness (QED) is 0.559. The molecule has 0 aliphatic carbocycles. The summed E-state index contributed by atoms with van der Waals surface area (Å²) in [5.41, 5.74) is 5.25. The summed E-state index contributed by atoms with van der Waals surface area (Å²) in [7, 11) is 0. The molecular formula is C9H17N3O3. The van der Waals surface area contributed by atoms with Gasteiger partial charge in [0.15, 0.2) is 0 Å². The van der Waals surface area contributed by atoms with Gasteiger partial charge in [0.05, 0.1) is 0 Å². The van der Waals surface area contributed by atoms with Crippen molar-refractivity contribution in [2.45, 2.75) is 19.8 Å². The minimum atomic E-state index is -0.486. The maximum absolute atomic E-state index is 11.3. The van der Waals surface area contributed by atoms with E-state index in [2.05, 4.69) is 5.32 Å². The standard InChI is InChI=1S/C9H17N3O3/c1-8(14)3-5-11-9(15)12(7-13)6-2-4-10/h7H,2-6,10H2,1H3,(H,11,15). The summed E-state index contributed by atoms with van der Waals surface area (Å²) in [5, 5.41) is 2.47. The van der Waals surface area contributed by atoms with E-state index in [4.69, 9.17) is 5.73 Å². The van der Waals surface area contributed by atoms with E-state index in [1.807, 2.05) is 0 Å². The molecule has 86 valence electrons. The third kappa shape index (κ3) is 6.62. The second-order valence-corrected chi connectivity index (χ2v) is 3.12. The predicted molar refractivity (Wildman–Crippen MR) is 55.1 cm³/mol. The molecule has 0 rings (SSSR count). The summed E-state index contributed by atoms with van der Waals surface area (Å²) < 4.78 is 0. The Labute approximate surface area is 88.8 Å². The van der Waals surface area contributed by atoms with E-state index in [0.29, 0.717) is 25.9 Å². The molecule has 6 heteroatoms. The fraction of sp³-hybridized carbons (Fsp3) is 0.667. The van der Waals surface area contributed by atoms with Crippen LogP contribution in [0.25, 0.3) is 0 Å². The topological polar surface area (TPSA) is 92.5 Å². The zero-order chi connectivity index (χ0) is 11.7. The average Bonchev–Trinajstić information content (AvgIpc) is 2.18. The van der Waals surface area contributed by atoms with Crippen LogP contribution in [0.2, 0.25) is 0 Å². The highest BCUT2D eigenvalue weighted by Crippen LogP contribution is 1.88. The Bertz CT molecular complexity index is 231. The lowest BCUT2D eigenvalue weighted by Crippen LogP contribution is -2.40. The molecule has 0 saturated heterocycles. The van der Waals surface area contributed by atoms with Crippen LogP contribution in [0.4, 0.5) is 4.79 Å². The molecule has 0 aliphatic heterocycles. The monoisotopic (exact) mass is 215 g/mol. The summed E-state index contributed by atoms with van der Waals surface area (Å²) in [4.78, 5) is 33.4. The van der Waals surface area contributed by atoms with Gasteiger partial charge in [0.2, 0.25) is 6.41 Å². The van der Waals surface area contributed by atoms with Crippen molar-refractivity contribution in [1.82, 2.24) is 10.2 Å². The smallest absolute Gasteiger partial charge is 0.323 e. The molecule has 0 saturated carbocycles. The van der Waals surface area contributed by atoms with Gasteiger partial charge in [-0.3, -0.25) is 14.5 Å². The number of Topliss-reactive ketones (excluding diaryl/α,β-unsaturated/α-hetero) is 1. The molecule has 0 unspecified atom stereocenters. The maximum Gasteiger partial charge on any atom is 0.323 e. The van der Waals surface area contributed by atoms with Crippen molar-refractivity contribution in [1.29, 1.82) is 0 Å². The Morgan fingerprint density at radius 3 is 2.60 bits per heavy atom. The highest BCUT2D eigenvalue weighted by Gasteiger charge is 2.10. The molecule has 6 nitrogen and oxygen atoms in total. The maximum atomic E-state index is 11.3.